The minimum absolute atomic E-state index is 0.194. The smallest absolute Gasteiger partial charge is 0.136 e. The van der Waals surface area contributed by atoms with Crippen molar-refractivity contribution in [3.8, 4) is 0 Å². The summed E-state index contributed by atoms with van der Waals surface area (Å²) in [6.45, 7) is 4.36. The van der Waals surface area contributed by atoms with Gasteiger partial charge in [-0.2, -0.15) is 0 Å². The Morgan fingerprint density at radius 1 is 1.67 bits per heavy atom. The van der Waals surface area contributed by atoms with E-state index in [9.17, 15) is 0 Å². The van der Waals surface area contributed by atoms with Gasteiger partial charge in [0.25, 0.3) is 0 Å². The van der Waals surface area contributed by atoms with Crippen molar-refractivity contribution in [1.29, 1.82) is 0 Å². The predicted molar refractivity (Wildman–Crippen MR) is 63.6 cm³/mol. The number of furan rings is 1. The highest BCUT2D eigenvalue weighted by Gasteiger charge is 2.35. The summed E-state index contributed by atoms with van der Waals surface area (Å²) in [7, 11) is 0. The van der Waals surface area contributed by atoms with E-state index in [1.807, 2.05) is 6.07 Å². The molecule has 2 unspecified atom stereocenters. The molecular formula is C11H17BrN2O. The van der Waals surface area contributed by atoms with Gasteiger partial charge >= 0.3 is 0 Å². The zero-order valence-corrected chi connectivity index (χ0v) is 10.5. The van der Waals surface area contributed by atoms with Crippen LogP contribution in [0.5, 0.6) is 0 Å². The number of halogens is 1. The summed E-state index contributed by atoms with van der Waals surface area (Å²) in [6.07, 6.45) is 3.92. The van der Waals surface area contributed by atoms with Gasteiger partial charge in [-0.15, -0.1) is 0 Å². The van der Waals surface area contributed by atoms with Crippen molar-refractivity contribution >= 4 is 15.9 Å². The summed E-state index contributed by atoms with van der Waals surface area (Å²) in [5, 5.41) is 0. The number of hydrogen-bond donors (Lipinski definition) is 1. The Morgan fingerprint density at radius 2 is 2.47 bits per heavy atom. The molecule has 1 aromatic heterocycles. The fraction of sp³-hybridized carbons (Fsp3) is 0.636. The number of nitrogens with zero attached hydrogens (tertiary/aromatic N) is 1. The topological polar surface area (TPSA) is 42.4 Å². The molecule has 3 nitrogen and oxygen atoms in total. The first-order valence-electron chi connectivity index (χ1n) is 5.46. The van der Waals surface area contributed by atoms with E-state index in [0.717, 1.165) is 36.2 Å². The van der Waals surface area contributed by atoms with Crippen LogP contribution >= 0.6 is 15.9 Å². The Hall–Kier alpha value is -0.320. The molecule has 84 valence electrons. The van der Waals surface area contributed by atoms with Crippen molar-refractivity contribution in [3.05, 3.63) is 22.6 Å². The number of likely N-dealkylation sites (tertiary alicyclic amines) is 1. The molecule has 0 aliphatic carbocycles. The molecule has 1 fully saturated rings. The van der Waals surface area contributed by atoms with Crippen LogP contribution in [0.4, 0.5) is 0 Å². The Balaban J connectivity index is 2.21. The fourth-order valence-corrected chi connectivity index (χ4v) is 2.73. The lowest BCUT2D eigenvalue weighted by Gasteiger charge is -2.24. The Morgan fingerprint density at radius 3 is 3.07 bits per heavy atom. The van der Waals surface area contributed by atoms with Gasteiger partial charge in [-0.3, -0.25) is 4.90 Å². The third-order valence-electron chi connectivity index (χ3n) is 2.97. The summed E-state index contributed by atoms with van der Waals surface area (Å²) >= 11 is 3.51. The van der Waals surface area contributed by atoms with Gasteiger partial charge in [0.1, 0.15) is 5.76 Å². The summed E-state index contributed by atoms with van der Waals surface area (Å²) < 4.78 is 6.56. The highest BCUT2D eigenvalue weighted by molar-refractivity contribution is 9.10. The van der Waals surface area contributed by atoms with E-state index in [-0.39, 0.29) is 12.1 Å². The Kier molecular flexibility index (Phi) is 3.49. The SMILES string of the molecule is CCCN1CCC(N)C1c1occc1Br. The molecule has 2 atom stereocenters. The second-order valence-electron chi connectivity index (χ2n) is 4.07. The van der Waals surface area contributed by atoms with Crippen LogP contribution in [-0.2, 0) is 0 Å². The van der Waals surface area contributed by atoms with Crippen LogP contribution in [0, 0.1) is 0 Å². The molecule has 0 bridgehead atoms. The fourth-order valence-electron chi connectivity index (χ4n) is 2.30. The van der Waals surface area contributed by atoms with E-state index in [4.69, 9.17) is 10.2 Å². The summed E-state index contributed by atoms with van der Waals surface area (Å²) in [5.41, 5.74) is 6.14. The first-order valence-corrected chi connectivity index (χ1v) is 6.26. The van der Waals surface area contributed by atoms with Crippen molar-refractivity contribution in [3.63, 3.8) is 0 Å². The average Bonchev–Trinajstić information content (AvgIpc) is 2.75. The molecule has 1 aliphatic rings. The van der Waals surface area contributed by atoms with E-state index < -0.39 is 0 Å². The molecular weight excluding hydrogens is 256 g/mol. The lowest BCUT2D eigenvalue weighted by Crippen LogP contribution is -2.32. The minimum Gasteiger partial charge on any atom is -0.466 e. The zero-order valence-electron chi connectivity index (χ0n) is 8.95. The van der Waals surface area contributed by atoms with Crippen molar-refractivity contribution < 1.29 is 4.42 Å². The number of nitrogens with two attached hydrogens (primary N) is 1. The van der Waals surface area contributed by atoms with E-state index in [1.165, 1.54) is 0 Å². The molecule has 0 aromatic carbocycles. The van der Waals surface area contributed by atoms with Crippen molar-refractivity contribution in [2.75, 3.05) is 13.1 Å². The third kappa shape index (κ3) is 2.12. The molecule has 0 saturated carbocycles. The van der Waals surface area contributed by atoms with Gasteiger partial charge in [0.15, 0.2) is 0 Å². The highest BCUT2D eigenvalue weighted by atomic mass is 79.9. The number of rotatable bonds is 3. The van der Waals surface area contributed by atoms with Gasteiger partial charge in [0.2, 0.25) is 0 Å². The molecule has 2 heterocycles. The van der Waals surface area contributed by atoms with Crippen LogP contribution in [0.1, 0.15) is 31.6 Å². The highest BCUT2D eigenvalue weighted by Crippen LogP contribution is 2.35. The maximum absolute atomic E-state index is 6.14. The maximum atomic E-state index is 6.14. The third-order valence-corrected chi connectivity index (χ3v) is 3.63. The lowest BCUT2D eigenvalue weighted by molar-refractivity contribution is 0.218. The van der Waals surface area contributed by atoms with Crippen LogP contribution < -0.4 is 5.73 Å². The van der Waals surface area contributed by atoms with Crippen LogP contribution in [0.15, 0.2) is 21.2 Å². The van der Waals surface area contributed by atoms with Crippen LogP contribution in [0.2, 0.25) is 0 Å². The Bertz CT molecular complexity index is 324. The molecule has 1 aromatic rings. The second kappa shape index (κ2) is 4.68. The zero-order chi connectivity index (χ0) is 10.8. The molecule has 0 spiro atoms. The monoisotopic (exact) mass is 272 g/mol. The molecule has 4 heteroatoms. The molecule has 1 aliphatic heterocycles. The van der Waals surface area contributed by atoms with E-state index in [0.29, 0.717) is 0 Å². The maximum Gasteiger partial charge on any atom is 0.136 e. The van der Waals surface area contributed by atoms with Gasteiger partial charge in [-0.05, 0) is 41.4 Å². The first kappa shape index (κ1) is 11.2. The lowest BCUT2D eigenvalue weighted by atomic mass is 10.1. The quantitative estimate of drug-likeness (QED) is 0.920. The molecule has 0 radical (unpaired) electrons. The van der Waals surface area contributed by atoms with Gasteiger partial charge in [0, 0.05) is 12.6 Å². The molecule has 0 amide bonds. The van der Waals surface area contributed by atoms with E-state index in [2.05, 4.69) is 27.8 Å². The van der Waals surface area contributed by atoms with Crippen LogP contribution in [0.3, 0.4) is 0 Å². The predicted octanol–water partition coefficient (Wildman–Crippen LogP) is 2.53. The van der Waals surface area contributed by atoms with E-state index in [1.54, 1.807) is 6.26 Å². The molecule has 1 saturated heterocycles. The van der Waals surface area contributed by atoms with Crippen molar-refractivity contribution in [2.24, 2.45) is 5.73 Å². The molecule has 2 rings (SSSR count). The first-order chi connectivity index (χ1) is 7.24. The van der Waals surface area contributed by atoms with Gasteiger partial charge < -0.3 is 10.2 Å². The van der Waals surface area contributed by atoms with Crippen molar-refractivity contribution in [2.45, 2.75) is 31.8 Å². The Labute approximate surface area is 98.7 Å². The molecule has 2 N–H and O–H groups in total. The second-order valence-corrected chi connectivity index (χ2v) is 4.92. The standard InChI is InChI=1S/C11H17BrN2O/c1-2-5-14-6-3-9(13)10(14)11-8(12)4-7-15-11/h4,7,9-10H,2-3,5-6,13H2,1H3. The normalized spacial score (nSPS) is 27.4. The van der Waals surface area contributed by atoms with Gasteiger partial charge in [0.05, 0.1) is 16.8 Å². The average molecular weight is 273 g/mol. The summed E-state index contributed by atoms with van der Waals surface area (Å²) in [4.78, 5) is 2.41. The molecule has 15 heavy (non-hydrogen) atoms. The van der Waals surface area contributed by atoms with Gasteiger partial charge in [-0.25, -0.2) is 0 Å². The minimum atomic E-state index is 0.194. The van der Waals surface area contributed by atoms with Crippen molar-refractivity contribution in [1.82, 2.24) is 4.90 Å². The van der Waals surface area contributed by atoms with Crippen LogP contribution in [-0.4, -0.2) is 24.0 Å². The number of hydrogen-bond acceptors (Lipinski definition) is 3. The summed E-state index contributed by atoms with van der Waals surface area (Å²) in [6, 6.07) is 2.37. The van der Waals surface area contributed by atoms with Gasteiger partial charge in [-0.1, -0.05) is 6.92 Å². The summed E-state index contributed by atoms with van der Waals surface area (Å²) in [5.74, 6) is 0.980. The van der Waals surface area contributed by atoms with Crippen LogP contribution in [0.25, 0.3) is 0 Å². The van der Waals surface area contributed by atoms with E-state index >= 15 is 0 Å². The largest absolute Gasteiger partial charge is 0.466 e.